The van der Waals surface area contributed by atoms with Crippen molar-refractivity contribution < 1.29 is 19.1 Å². The van der Waals surface area contributed by atoms with E-state index in [1.165, 1.54) is 7.11 Å². The molecule has 0 radical (unpaired) electrons. The van der Waals surface area contributed by atoms with Gasteiger partial charge in [-0.3, -0.25) is 4.98 Å². The zero-order valence-corrected chi connectivity index (χ0v) is 16.2. The summed E-state index contributed by atoms with van der Waals surface area (Å²) < 4.78 is 10.2. The third kappa shape index (κ3) is 6.03. The summed E-state index contributed by atoms with van der Waals surface area (Å²) in [5.41, 5.74) is 0.957. The zero-order valence-electron chi connectivity index (χ0n) is 16.2. The summed E-state index contributed by atoms with van der Waals surface area (Å²) >= 11 is 0. The fourth-order valence-electron chi connectivity index (χ4n) is 2.74. The fourth-order valence-corrected chi connectivity index (χ4v) is 2.74. The third-order valence-corrected chi connectivity index (χ3v) is 3.85. The predicted octanol–water partition coefficient (Wildman–Crippen LogP) is 4.01. The Bertz CT molecular complexity index is 573. The maximum atomic E-state index is 12.1. The van der Waals surface area contributed by atoms with Gasteiger partial charge in [0, 0.05) is 25.5 Å². The Balaban J connectivity index is 0.00000151. The van der Waals surface area contributed by atoms with Crippen LogP contribution in [0.2, 0.25) is 0 Å². The summed E-state index contributed by atoms with van der Waals surface area (Å²) in [4.78, 5) is 29.7. The number of piperidine rings is 1. The first-order chi connectivity index (χ1) is 11.8. The fraction of sp³-hybridized carbons (Fsp3) is 0.632. The second-order valence-corrected chi connectivity index (χ2v) is 6.70. The van der Waals surface area contributed by atoms with E-state index < -0.39 is 5.60 Å². The predicted molar refractivity (Wildman–Crippen MR) is 96.7 cm³/mol. The van der Waals surface area contributed by atoms with Gasteiger partial charge in [-0.1, -0.05) is 13.8 Å². The van der Waals surface area contributed by atoms with Gasteiger partial charge in [0.15, 0.2) is 0 Å². The Morgan fingerprint density at radius 2 is 1.80 bits per heavy atom. The van der Waals surface area contributed by atoms with Crippen molar-refractivity contribution in [3.8, 4) is 0 Å². The maximum absolute atomic E-state index is 12.1. The standard InChI is InChI=1S/C17H24N2O4.C2H6/c1-17(2,3)23-16(21)19-9-6-12(7-10-19)13-5-8-18-11-14(13)15(20)22-4;1-2/h5,8,11-12H,6-7,9-10H2,1-4H3;1-2H3. The summed E-state index contributed by atoms with van der Waals surface area (Å²) in [6.07, 6.45) is 4.52. The van der Waals surface area contributed by atoms with Crippen molar-refractivity contribution in [3.05, 3.63) is 29.6 Å². The lowest BCUT2D eigenvalue weighted by atomic mass is 9.87. The van der Waals surface area contributed by atoms with Gasteiger partial charge in [0.25, 0.3) is 0 Å². The third-order valence-electron chi connectivity index (χ3n) is 3.85. The number of carbonyl (C=O) groups is 2. The molecule has 6 nitrogen and oxygen atoms in total. The number of methoxy groups -OCH3 is 1. The van der Waals surface area contributed by atoms with Gasteiger partial charge in [0.05, 0.1) is 12.7 Å². The van der Waals surface area contributed by atoms with Gasteiger partial charge in [-0.05, 0) is 51.2 Å². The number of esters is 1. The second kappa shape index (κ2) is 9.39. The molecule has 1 aliphatic rings. The Morgan fingerprint density at radius 3 is 2.32 bits per heavy atom. The highest BCUT2D eigenvalue weighted by atomic mass is 16.6. The average molecular weight is 350 g/mol. The lowest BCUT2D eigenvalue weighted by Crippen LogP contribution is -2.41. The average Bonchev–Trinajstić information content (AvgIpc) is 2.61. The van der Waals surface area contributed by atoms with Gasteiger partial charge in [-0.15, -0.1) is 0 Å². The van der Waals surface area contributed by atoms with Crippen LogP contribution in [-0.2, 0) is 9.47 Å². The number of rotatable bonds is 2. The van der Waals surface area contributed by atoms with E-state index in [0.29, 0.717) is 18.7 Å². The number of likely N-dealkylation sites (tertiary alicyclic amines) is 1. The Labute approximate surface area is 150 Å². The molecular formula is C19H30N2O4. The smallest absolute Gasteiger partial charge is 0.410 e. The van der Waals surface area contributed by atoms with Crippen LogP contribution in [0, 0.1) is 0 Å². The molecule has 1 saturated heterocycles. The monoisotopic (exact) mass is 350 g/mol. The summed E-state index contributed by atoms with van der Waals surface area (Å²) in [5.74, 6) is -0.159. The minimum Gasteiger partial charge on any atom is -0.465 e. The van der Waals surface area contributed by atoms with E-state index in [2.05, 4.69) is 4.98 Å². The normalized spacial score (nSPS) is 15.0. The summed E-state index contributed by atoms with van der Waals surface area (Å²) in [5, 5.41) is 0. The molecule has 1 aromatic rings. The van der Waals surface area contributed by atoms with E-state index in [1.54, 1.807) is 17.3 Å². The van der Waals surface area contributed by atoms with Crippen molar-refractivity contribution in [2.24, 2.45) is 0 Å². The molecule has 1 fully saturated rings. The molecule has 0 saturated carbocycles. The molecule has 0 atom stereocenters. The molecule has 0 unspecified atom stereocenters. The van der Waals surface area contributed by atoms with E-state index in [9.17, 15) is 9.59 Å². The highest BCUT2D eigenvalue weighted by molar-refractivity contribution is 5.90. The Kier molecular flexibility index (Phi) is 7.87. The number of hydrogen-bond acceptors (Lipinski definition) is 5. The van der Waals surface area contributed by atoms with Crippen molar-refractivity contribution in [1.82, 2.24) is 9.88 Å². The van der Waals surface area contributed by atoms with E-state index in [-0.39, 0.29) is 18.0 Å². The minimum absolute atomic E-state index is 0.214. The van der Waals surface area contributed by atoms with E-state index >= 15 is 0 Å². The molecule has 1 amide bonds. The highest BCUT2D eigenvalue weighted by Crippen LogP contribution is 2.30. The first-order valence-corrected chi connectivity index (χ1v) is 8.82. The van der Waals surface area contributed by atoms with Crippen molar-refractivity contribution in [1.29, 1.82) is 0 Å². The van der Waals surface area contributed by atoms with Crippen molar-refractivity contribution in [2.45, 2.75) is 59.0 Å². The molecule has 1 aliphatic heterocycles. The number of hydrogen-bond donors (Lipinski definition) is 0. The molecule has 0 aliphatic carbocycles. The second-order valence-electron chi connectivity index (χ2n) is 6.70. The Hall–Kier alpha value is -2.11. The number of amides is 1. The first-order valence-electron chi connectivity index (χ1n) is 8.82. The van der Waals surface area contributed by atoms with Crippen LogP contribution in [0.4, 0.5) is 4.79 Å². The lowest BCUT2D eigenvalue weighted by molar-refractivity contribution is 0.0203. The summed E-state index contributed by atoms with van der Waals surface area (Å²) in [6, 6.07) is 1.86. The van der Waals surface area contributed by atoms with Crippen LogP contribution in [0.5, 0.6) is 0 Å². The van der Waals surface area contributed by atoms with Crippen LogP contribution in [0.15, 0.2) is 18.5 Å². The molecule has 0 spiro atoms. The van der Waals surface area contributed by atoms with Gasteiger partial charge in [0.1, 0.15) is 5.60 Å². The molecule has 0 aromatic carbocycles. The summed E-state index contributed by atoms with van der Waals surface area (Å²) in [6.45, 7) is 10.8. The molecule has 0 bridgehead atoms. The lowest BCUT2D eigenvalue weighted by Gasteiger charge is -2.34. The SMILES string of the molecule is CC.COC(=O)c1cnccc1C1CCN(C(=O)OC(C)(C)C)CC1. The van der Waals surface area contributed by atoms with Gasteiger partial charge in [0.2, 0.25) is 0 Å². The number of ether oxygens (including phenoxy) is 2. The largest absolute Gasteiger partial charge is 0.465 e. The van der Waals surface area contributed by atoms with E-state index in [1.807, 2.05) is 40.7 Å². The molecule has 6 heteroatoms. The van der Waals surface area contributed by atoms with Crippen LogP contribution >= 0.6 is 0 Å². The minimum atomic E-state index is -0.489. The quantitative estimate of drug-likeness (QED) is 0.754. The molecule has 140 valence electrons. The van der Waals surface area contributed by atoms with Gasteiger partial charge < -0.3 is 14.4 Å². The topological polar surface area (TPSA) is 68.7 Å². The molecule has 25 heavy (non-hydrogen) atoms. The van der Waals surface area contributed by atoms with Crippen molar-refractivity contribution in [3.63, 3.8) is 0 Å². The Morgan fingerprint density at radius 1 is 1.20 bits per heavy atom. The molecular weight excluding hydrogens is 320 g/mol. The number of nitrogens with zero attached hydrogens (tertiary/aromatic N) is 2. The van der Waals surface area contributed by atoms with Crippen molar-refractivity contribution >= 4 is 12.1 Å². The van der Waals surface area contributed by atoms with E-state index in [4.69, 9.17) is 9.47 Å². The maximum Gasteiger partial charge on any atom is 0.410 e. The zero-order chi connectivity index (χ0) is 19.0. The highest BCUT2D eigenvalue weighted by Gasteiger charge is 2.29. The van der Waals surface area contributed by atoms with Crippen LogP contribution in [0.3, 0.4) is 0 Å². The van der Waals surface area contributed by atoms with Crippen LogP contribution < -0.4 is 0 Å². The van der Waals surface area contributed by atoms with Gasteiger partial charge in [-0.25, -0.2) is 9.59 Å². The van der Waals surface area contributed by atoms with Crippen molar-refractivity contribution in [2.75, 3.05) is 20.2 Å². The van der Waals surface area contributed by atoms with E-state index in [0.717, 1.165) is 18.4 Å². The molecule has 2 rings (SSSR count). The first kappa shape index (κ1) is 20.9. The molecule has 2 heterocycles. The summed E-state index contributed by atoms with van der Waals surface area (Å²) in [7, 11) is 1.37. The van der Waals surface area contributed by atoms with Gasteiger partial charge in [-0.2, -0.15) is 0 Å². The number of pyridine rings is 1. The van der Waals surface area contributed by atoms with Gasteiger partial charge >= 0.3 is 12.1 Å². The van der Waals surface area contributed by atoms with Crippen LogP contribution in [0.25, 0.3) is 0 Å². The van der Waals surface area contributed by atoms with Crippen LogP contribution in [-0.4, -0.2) is 47.7 Å². The number of carbonyl (C=O) groups excluding carboxylic acids is 2. The number of aromatic nitrogens is 1. The molecule has 1 aromatic heterocycles. The van der Waals surface area contributed by atoms with Crippen LogP contribution in [0.1, 0.15) is 69.3 Å². The molecule has 0 N–H and O–H groups in total.